The summed E-state index contributed by atoms with van der Waals surface area (Å²) in [5.74, 6) is 4.32. The molecule has 1 saturated heterocycles. The second-order valence-electron chi connectivity index (χ2n) is 15.0. The van der Waals surface area contributed by atoms with Gasteiger partial charge >= 0.3 is 11.9 Å². The fourth-order valence-electron chi connectivity index (χ4n) is 8.59. The van der Waals surface area contributed by atoms with Crippen LogP contribution in [0.4, 0.5) is 0 Å². The van der Waals surface area contributed by atoms with Crippen LogP contribution in [0, 0.1) is 25.7 Å². The molecule has 12 heteroatoms. The Morgan fingerprint density at radius 1 is 0.893 bits per heavy atom. The van der Waals surface area contributed by atoms with Crippen molar-refractivity contribution < 1.29 is 33.5 Å². The van der Waals surface area contributed by atoms with Crippen LogP contribution in [0.5, 0.6) is 0 Å². The van der Waals surface area contributed by atoms with E-state index in [4.69, 9.17) is 19.5 Å². The molecular weight excluding hydrogens is 711 g/mol. The Balaban J connectivity index is 1.44. The predicted molar refractivity (Wildman–Crippen MR) is 211 cm³/mol. The lowest BCUT2D eigenvalue weighted by atomic mass is 9.84. The minimum absolute atomic E-state index is 0.0230. The highest BCUT2D eigenvalue weighted by atomic mass is 16.7. The van der Waals surface area contributed by atoms with Crippen molar-refractivity contribution in [2.24, 2.45) is 0 Å². The highest BCUT2D eigenvalue weighted by Crippen LogP contribution is 2.46. The van der Waals surface area contributed by atoms with E-state index in [0.717, 1.165) is 91.1 Å². The van der Waals surface area contributed by atoms with Crippen molar-refractivity contribution in [2.45, 2.75) is 118 Å². The van der Waals surface area contributed by atoms with E-state index >= 15 is 0 Å². The maximum Gasteiger partial charge on any atom is 0.333 e. The number of carbonyl (C=O) groups is 5. The lowest BCUT2D eigenvalue weighted by Crippen LogP contribution is -2.31. The molecule has 3 aromatic heterocycles. The molecule has 3 aliphatic heterocycles. The highest BCUT2D eigenvalue weighted by Gasteiger charge is 2.37. The van der Waals surface area contributed by atoms with E-state index in [9.17, 15) is 24.0 Å². The normalized spacial score (nSPS) is 17.5. The Morgan fingerprint density at radius 2 is 1.61 bits per heavy atom. The van der Waals surface area contributed by atoms with Crippen LogP contribution in [0.1, 0.15) is 152 Å². The number of hydrogen-bond acceptors (Lipinski definition) is 9. The molecule has 7 rings (SSSR count). The molecule has 0 aromatic carbocycles. The summed E-state index contributed by atoms with van der Waals surface area (Å²) in [4.78, 5) is 85.5. The number of ether oxygens (including phenoxy) is 1. The first-order chi connectivity index (χ1) is 26.9. The maximum absolute atomic E-state index is 13.8. The van der Waals surface area contributed by atoms with Crippen molar-refractivity contribution >= 4 is 62.7 Å². The molecule has 12 nitrogen and oxygen atoms in total. The Morgan fingerprint density at radius 3 is 2.30 bits per heavy atom. The van der Waals surface area contributed by atoms with Gasteiger partial charge in [-0.25, -0.2) is 9.78 Å². The number of imide groups is 1. The lowest BCUT2D eigenvalue weighted by molar-refractivity contribution is -0.197. The Bertz CT molecular complexity index is 2470. The third-order valence-electron chi connectivity index (χ3n) is 11.7. The van der Waals surface area contributed by atoms with Crippen molar-refractivity contribution in [2.75, 3.05) is 7.11 Å². The SMILES string of the molecule is CCC1=C(C)c2cc3[nH]c(c(C)c3CC)c(C#CCCCC(=O)ON3C(=O)CCC3=O)c3nc(c4c5[nH]c(cc1n2)c(C)c5C(=O)C4)[C@@H](CCC(=O)OC)[C@@H]3C. The monoisotopic (exact) mass is 757 g/mol. The van der Waals surface area contributed by atoms with E-state index in [2.05, 4.69) is 68.6 Å². The number of aryl methyl sites for hydroxylation is 3. The molecule has 56 heavy (non-hydrogen) atoms. The van der Waals surface area contributed by atoms with Crippen molar-refractivity contribution in [1.82, 2.24) is 25.0 Å². The number of nitrogens with one attached hydrogen (secondary N) is 2. The van der Waals surface area contributed by atoms with Crippen molar-refractivity contribution in [3.63, 3.8) is 0 Å². The standard InChI is InChI=1S/C44H47N5O7/c1-8-26-22(3)31-20-34-27(9-2)23(4)41(47-34)29(13-11-10-12-14-39(54)56-49-36(51)16-17-37(49)52)42-24(5)28(15-18-38(53)55-7)43(48-42)30-19-35(50)40-25(6)32(46-44(30)40)21-33(26)45-31/h20-21,24,28,46-47H,8-10,12,14-19H2,1-7H3/t24-,28-/m0/s1. The zero-order valence-electron chi connectivity index (χ0n) is 33.1. The lowest BCUT2D eigenvalue weighted by Gasteiger charge is -2.17. The van der Waals surface area contributed by atoms with Gasteiger partial charge in [-0.2, -0.15) is 0 Å². The number of aromatic nitrogens is 4. The molecule has 290 valence electrons. The average molecular weight is 758 g/mol. The molecule has 0 spiro atoms. The summed E-state index contributed by atoms with van der Waals surface area (Å²) >= 11 is 0. The second-order valence-corrected chi connectivity index (χ2v) is 15.0. The van der Waals surface area contributed by atoms with Gasteiger partial charge in [0.15, 0.2) is 5.78 Å². The Labute approximate surface area is 325 Å². The van der Waals surface area contributed by atoms with Crippen LogP contribution < -0.4 is 0 Å². The van der Waals surface area contributed by atoms with Crippen molar-refractivity contribution in [3.8, 4) is 11.8 Å². The molecule has 2 atom stereocenters. The first-order valence-corrected chi connectivity index (χ1v) is 19.5. The number of carbonyl (C=O) groups excluding carboxylic acids is 5. The van der Waals surface area contributed by atoms with Crippen LogP contribution in [-0.4, -0.2) is 61.6 Å². The zero-order chi connectivity index (χ0) is 40.0. The van der Waals surface area contributed by atoms with Crippen LogP contribution in [0.15, 0.2) is 12.1 Å². The predicted octanol–water partition coefficient (Wildman–Crippen LogP) is 7.54. The minimum atomic E-state index is -0.671. The number of ketones is 1. The number of esters is 1. The third kappa shape index (κ3) is 6.73. The largest absolute Gasteiger partial charge is 0.469 e. The maximum atomic E-state index is 13.8. The zero-order valence-corrected chi connectivity index (χ0v) is 33.1. The fourth-order valence-corrected chi connectivity index (χ4v) is 8.59. The molecule has 2 N–H and O–H groups in total. The van der Waals surface area contributed by atoms with Gasteiger partial charge in [-0.15, -0.1) is 5.06 Å². The summed E-state index contributed by atoms with van der Waals surface area (Å²) in [6, 6.07) is 4.16. The molecule has 0 unspecified atom stereocenters. The van der Waals surface area contributed by atoms with Crippen LogP contribution in [0.25, 0.3) is 33.2 Å². The van der Waals surface area contributed by atoms with Crippen molar-refractivity contribution in [1.29, 1.82) is 0 Å². The van der Waals surface area contributed by atoms with Gasteiger partial charge in [0, 0.05) is 72.5 Å². The van der Waals surface area contributed by atoms with E-state index in [-0.39, 0.29) is 55.7 Å². The summed E-state index contributed by atoms with van der Waals surface area (Å²) in [5.41, 5.74) is 14.1. The van der Waals surface area contributed by atoms with E-state index < -0.39 is 17.8 Å². The first-order valence-electron chi connectivity index (χ1n) is 19.5. The third-order valence-corrected chi connectivity index (χ3v) is 11.7. The number of allylic oxidation sites excluding steroid dienone is 2. The highest BCUT2D eigenvalue weighted by molar-refractivity contribution is 6.13. The van der Waals surface area contributed by atoms with E-state index in [1.807, 2.05) is 6.92 Å². The molecule has 1 aliphatic carbocycles. The molecule has 0 saturated carbocycles. The molecule has 2 amide bonds. The first kappa shape index (κ1) is 38.4. The summed E-state index contributed by atoms with van der Waals surface area (Å²) in [5, 5.41) is 0.559. The number of hydroxylamine groups is 2. The van der Waals surface area contributed by atoms with Gasteiger partial charge in [-0.05, 0) is 86.4 Å². The summed E-state index contributed by atoms with van der Waals surface area (Å²) in [7, 11) is 1.38. The average Bonchev–Trinajstić information content (AvgIpc) is 3.99. The van der Waals surface area contributed by atoms with Gasteiger partial charge < -0.3 is 19.5 Å². The number of Topliss-reactive ketones (excluding diaryl/α,β-unsaturated/α-hetero) is 1. The molecule has 0 radical (unpaired) electrons. The number of rotatable bonds is 9. The van der Waals surface area contributed by atoms with E-state index in [1.165, 1.54) is 7.11 Å². The number of fused-ring (bicyclic) bond motifs is 8. The second kappa shape index (κ2) is 15.4. The number of methoxy groups -OCH3 is 1. The van der Waals surface area contributed by atoms with Gasteiger partial charge in [0.25, 0.3) is 11.8 Å². The molecular formula is C44H47N5O7. The fraction of sp³-hybridized carbons (Fsp3) is 0.432. The number of H-pyrrole nitrogens is 2. The molecule has 6 heterocycles. The van der Waals surface area contributed by atoms with E-state index in [1.54, 1.807) is 0 Å². The molecule has 8 bridgehead atoms. The molecule has 3 aromatic rings. The van der Waals surface area contributed by atoms with Crippen LogP contribution >= 0.6 is 0 Å². The summed E-state index contributed by atoms with van der Waals surface area (Å²) in [6.45, 7) is 12.5. The quantitative estimate of drug-likeness (QED) is 0.0971. The molecule has 4 aliphatic rings. The van der Waals surface area contributed by atoms with Crippen molar-refractivity contribution in [3.05, 3.63) is 68.3 Å². The van der Waals surface area contributed by atoms with Gasteiger partial charge in [-0.3, -0.25) is 24.2 Å². The van der Waals surface area contributed by atoms with Gasteiger partial charge in [0.1, 0.15) is 0 Å². The van der Waals surface area contributed by atoms with Gasteiger partial charge in [0.2, 0.25) is 0 Å². The summed E-state index contributed by atoms with van der Waals surface area (Å²) in [6.07, 6.45) is 3.11. The topological polar surface area (TPSA) is 164 Å². The van der Waals surface area contributed by atoms with Gasteiger partial charge in [0.05, 0.1) is 46.5 Å². The number of nitrogens with zero attached hydrogens (tertiary/aromatic N) is 3. The molecule has 1 fully saturated rings. The summed E-state index contributed by atoms with van der Waals surface area (Å²) < 4.78 is 5.04. The number of amides is 2. The van der Waals surface area contributed by atoms with E-state index in [0.29, 0.717) is 35.5 Å². The Kier molecular flexibility index (Phi) is 10.5. The Hall–Kier alpha value is -5.83. The van der Waals surface area contributed by atoms with Crippen LogP contribution in [-0.2, 0) is 41.6 Å². The number of aromatic amines is 2. The number of unbranched alkanes of at least 4 members (excludes halogenated alkanes) is 1. The minimum Gasteiger partial charge on any atom is -0.469 e. The number of hydrogen-bond donors (Lipinski definition) is 2. The van der Waals surface area contributed by atoms with Gasteiger partial charge in [-0.1, -0.05) is 32.6 Å². The smallest absolute Gasteiger partial charge is 0.333 e. The van der Waals surface area contributed by atoms with Crippen LogP contribution in [0.2, 0.25) is 0 Å². The van der Waals surface area contributed by atoms with Crippen LogP contribution in [0.3, 0.4) is 0 Å².